The molecule has 2 aromatic carbocycles. The van der Waals surface area contributed by atoms with Gasteiger partial charge in [-0.3, -0.25) is 0 Å². The monoisotopic (exact) mass is 399 g/mol. The summed E-state index contributed by atoms with van der Waals surface area (Å²) in [7, 11) is 3.55. The molecule has 0 saturated heterocycles. The van der Waals surface area contributed by atoms with Crippen molar-refractivity contribution in [3.05, 3.63) is 47.0 Å². The number of para-hydroxylation sites is 2. The van der Waals surface area contributed by atoms with Crippen LogP contribution in [0, 0.1) is 6.92 Å². The molecule has 0 radical (unpaired) electrons. The third-order valence-corrected chi connectivity index (χ3v) is 4.27. The van der Waals surface area contributed by atoms with E-state index in [0.29, 0.717) is 16.4 Å². The normalized spacial score (nSPS) is 11.7. The van der Waals surface area contributed by atoms with Gasteiger partial charge in [-0.1, -0.05) is 23.7 Å². The molecule has 0 heterocycles. The number of halogens is 4. The standard InChI is InChI=1S/C19H21ClF3N3O/c1-5-25(3)12-24-15-10-13(2)17(11-14(15)20)26(4)16-8-6-7-9-18(16)27-19(21,22)23/h6-12H,5H2,1-4H3. The topological polar surface area (TPSA) is 28.1 Å². The van der Waals surface area contributed by atoms with Crippen LogP contribution in [0.1, 0.15) is 12.5 Å². The molecular formula is C19H21ClF3N3O. The Morgan fingerprint density at radius 1 is 1.15 bits per heavy atom. The Kier molecular flexibility index (Phi) is 6.59. The molecule has 4 nitrogen and oxygen atoms in total. The minimum Gasteiger partial charge on any atom is -0.404 e. The summed E-state index contributed by atoms with van der Waals surface area (Å²) in [6, 6.07) is 9.43. The van der Waals surface area contributed by atoms with Crippen LogP contribution >= 0.6 is 11.6 Å². The molecule has 0 saturated carbocycles. The summed E-state index contributed by atoms with van der Waals surface area (Å²) in [5, 5.41) is 0.400. The van der Waals surface area contributed by atoms with Crippen LogP contribution in [-0.4, -0.2) is 38.2 Å². The summed E-state index contributed by atoms with van der Waals surface area (Å²) in [4.78, 5) is 7.86. The number of hydrogen-bond donors (Lipinski definition) is 0. The van der Waals surface area contributed by atoms with E-state index in [1.807, 2.05) is 25.8 Å². The van der Waals surface area contributed by atoms with Crippen LogP contribution in [0.25, 0.3) is 0 Å². The first-order valence-corrected chi connectivity index (χ1v) is 8.63. The van der Waals surface area contributed by atoms with Crippen molar-refractivity contribution < 1.29 is 17.9 Å². The highest BCUT2D eigenvalue weighted by Gasteiger charge is 2.32. The molecule has 27 heavy (non-hydrogen) atoms. The second-order valence-electron chi connectivity index (χ2n) is 5.98. The third kappa shape index (κ3) is 5.53. The van der Waals surface area contributed by atoms with Crippen LogP contribution in [-0.2, 0) is 0 Å². The molecule has 0 spiro atoms. The Balaban J connectivity index is 2.39. The number of benzene rings is 2. The van der Waals surface area contributed by atoms with Gasteiger partial charge in [-0.25, -0.2) is 4.99 Å². The van der Waals surface area contributed by atoms with E-state index in [0.717, 1.165) is 12.1 Å². The van der Waals surface area contributed by atoms with Gasteiger partial charge in [-0.2, -0.15) is 0 Å². The Morgan fingerprint density at radius 2 is 1.81 bits per heavy atom. The van der Waals surface area contributed by atoms with Crippen LogP contribution in [0.3, 0.4) is 0 Å². The molecule has 0 aliphatic heterocycles. The third-order valence-electron chi connectivity index (χ3n) is 3.97. The molecule has 0 aromatic heterocycles. The predicted molar refractivity (Wildman–Crippen MR) is 104 cm³/mol. The molecular weight excluding hydrogens is 379 g/mol. The molecule has 8 heteroatoms. The van der Waals surface area contributed by atoms with Crippen molar-refractivity contribution in [2.75, 3.05) is 25.5 Å². The van der Waals surface area contributed by atoms with Crippen molar-refractivity contribution in [2.24, 2.45) is 4.99 Å². The van der Waals surface area contributed by atoms with Crippen molar-refractivity contribution in [1.29, 1.82) is 0 Å². The molecule has 0 aliphatic carbocycles. The van der Waals surface area contributed by atoms with Crippen molar-refractivity contribution in [1.82, 2.24) is 4.90 Å². The Labute approximate surface area is 161 Å². The number of aliphatic imine (C=N–C) groups is 1. The average molecular weight is 400 g/mol. The van der Waals surface area contributed by atoms with E-state index in [9.17, 15) is 13.2 Å². The summed E-state index contributed by atoms with van der Waals surface area (Å²) >= 11 is 6.34. The predicted octanol–water partition coefficient (Wildman–Crippen LogP) is 5.93. The van der Waals surface area contributed by atoms with Gasteiger partial charge in [0.2, 0.25) is 0 Å². The highest BCUT2D eigenvalue weighted by Crippen LogP contribution is 2.39. The summed E-state index contributed by atoms with van der Waals surface area (Å²) < 4.78 is 42.2. The van der Waals surface area contributed by atoms with Crippen LogP contribution in [0.2, 0.25) is 5.02 Å². The highest BCUT2D eigenvalue weighted by atomic mass is 35.5. The van der Waals surface area contributed by atoms with Gasteiger partial charge in [0, 0.05) is 26.3 Å². The van der Waals surface area contributed by atoms with Gasteiger partial charge < -0.3 is 14.5 Å². The first-order valence-electron chi connectivity index (χ1n) is 8.25. The van der Waals surface area contributed by atoms with Gasteiger partial charge in [0.1, 0.15) is 0 Å². The molecule has 0 aliphatic rings. The van der Waals surface area contributed by atoms with Gasteiger partial charge >= 0.3 is 6.36 Å². The Hall–Kier alpha value is -2.41. The van der Waals surface area contributed by atoms with Gasteiger partial charge in [0.05, 0.1) is 22.7 Å². The first-order chi connectivity index (χ1) is 12.6. The molecule has 2 aromatic rings. The van der Waals surface area contributed by atoms with E-state index in [1.165, 1.54) is 12.1 Å². The quantitative estimate of drug-likeness (QED) is 0.445. The summed E-state index contributed by atoms with van der Waals surface area (Å²) in [6.07, 6.45) is -3.09. The molecule has 0 fully saturated rings. The van der Waals surface area contributed by atoms with Crippen LogP contribution < -0.4 is 9.64 Å². The summed E-state index contributed by atoms with van der Waals surface area (Å²) in [5.41, 5.74) is 2.33. The van der Waals surface area contributed by atoms with Crippen molar-refractivity contribution in [3.63, 3.8) is 0 Å². The fourth-order valence-electron chi connectivity index (χ4n) is 2.43. The maximum absolute atomic E-state index is 12.7. The fraction of sp³-hybridized carbons (Fsp3) is 0.316. The maximum atomic E-state index is 12.7. The number of nitrogens with zero attached hydrogens (tertiary/aromatic N) is 3. The zero-order chi connectivity index (χ0) is 20.2. The second-order valence-corrected chi connectivity index (χ2v) is 6.39. The highest BCUT2D eigenvalue weighted by molar-refractivity contribution is 6.33. The lowest BCUT2D eigenvalue weighted by Gasteiger charge is -2.25. The SMILES string of the molecule is CCN(C)C=Nc1cc(C)c(N(C)c2ccccc2OC(F)(F)F)cc1Cl. The molecule has 0 unspecified atom stereocenters. The molecule has 0 bridgehead atoms. The number of aryl methyl sites for hydroxylation is 1. The maximum Gasteiger partial charge on any atom is 0.573 e. The number of ether oxygens (including phenoxy) is 1. The van der Waals surface area contributed by atoms with Crippen LogP contribution in [0.15, 0.2) is 41.4 Å². The van der Waals surface area contributed by atoms with Crippen molar-refractivity contribution in [2.45, 2.75) is 20.2 Å². The van der Waals surface area contributed by atoms with E-state index < -0.39 is 6.36 Å². The lowest BCUT2D eigenvalue weighted by atomic mass is 10.1. The number of anilines is 2. The van der Waals surface area contributed by atoms with Gasteiger partial charge in [-0.15, -0.1) is 13.2 Å². The van der Waals surface area contributed by atoms with Crippen molar-refractivity contribution >= 4 is 35.0 Å². The zero-order valence-electron chi connectivity index (χ0n) is 15.5. The largest absolute Gasteiger partial charge is 0.573 e. The van der Waals surface area contributed by atoms with Crippen LogP contribution in [0.4, 0.5) is 30.2 Å². The number of alkyl halides is 3. The molecule has 0 amide bonds. The second kappa shape index (κ2) is 8.52. The van der Waals surface area contributed by atoms with E-state index in [1.54, 1.807) is 42.6 Å². The minimum absolute atomic E-state index is 0.274. The smallest absolute Gasteiger partial charge is 0.404 e. The van der Waals surface area contributed by atoms with E-state index in [4.69, 9.17) is 11.6 Å². The minimum atomic E-state index is -4.77. The summed E-state index contributed by atoms with van der Waals surface area (Å²) in [5.74, 6) is -0.283. The lowest BCUT2D eigenvalue weighted by Crippen LogP contribution is -2.20. The summed E-state index contributed by atoms with van der Waals surface area (Å²) in [6.45, 7) is 4.65. The van der Waals surface area contributed by atoms with Gasteiger partial charge in [0.15, 0.2) is 5.75 Å². The first kappa shape index (κ1) is 20.9. The number of rotatable bonds is 6. The Bertz CT molecular complexity index is 824. The molecule has 2 rings (SSSR count). The van der Waals surface area contributed by atoms with Gasteiger partial charge in [0.25, 0.3) is 0 Å². The van der Waals surface area contributed by atoms with E-state index in [2.05, 4.69) is 9.73 Å². The molecule has 146 valence electrons. The lowest BCUT2D eigenvalue weighted by molar-refractivity contribution is -0.274. The van der Waals surface area contributed by atoms with E-state index in [-0.39, 0.29) is 11.4 Å². The van der Waals surface area contributed by atoms with Crippen LogP contribution in [0.5, 0.6) is 5.75 Å². The molecule has 0 N–H and O–H groups in total. The Morgan fingerprint density at radius 3 is 2.44 bits per heavy atom. The zero-order valence-corrected chi connectivity index (χ0v) is 16.3. The fourth-order valence-corrected chi connectivity index (χ4v) is 2.64. The number of hydrogen-bond acceptors (Lipinski definition) is 3. The van der Waals surface area contributed by atoms with Gasteiger partial charge in [-0.05, 0) is 43.7 Å². The van der Waals surface area contributed by atoms with E-state index >= 15 is 0 Å². The average Bonchev–Trinajstić information content (AvgIpc) is 2.60. The molecule has 0 atom stereocenters. The van der Waals surface area contributed by atoms with Crippen molar-refractivity contribution in [3.8, 4) is 5.75 Å².